The van der Waals surface area contributed by atoms with Crippen molar-refractivity contribution in [2.75, 3.05) is 24.6 Å². The molecule has 1 aliphatic heterocycles. The Labute approximate surface area is 111 Å². The van der Waals surface area contributed by atoms with Crippen molar-refractivity contribution in [1.82, 2.24) is 9.29 Å². The molecule has 1 aromatic heterocycles. The van der Waals surface area contributed by atoms with Crippen LogP contribution in [-0.2, 0) is 19.9 Å². The van der Waals surface area contributed by atoms with E-state index in [-0.39, 0.29) is 31.0 Å². The summed E-state index contributed by atoms with van der Waals surface area (Å²) in [5, 5.41) is -0.658. The van der Waals surface area contributed by atoms with Gasteiger partial charge in [-0.05, 0) is 18.6 Å². The van der Waals surface area contributed by atoms with Gasteiger partial charge in [0, 0.05) is 19.3 Å². The molecule has 0 amide bonds. The van der Waals surface area contributed by atoms with Gasteiger partial charge in [0.1, 0.15) is 0 Å². The standard InChI is InChI=1S/C10H13FN2O4S2/c11-9-3-1-4-12-10(9)19(16,17)13-5-2-7-18(14,15)8-6-13/h1,3-4H,2,5-8H2. The third-order valence-corrected chi connectivity index (χ3v) is 6.37. The molecule has 6 nitrogen and oxygen atoms in total. The molecule has 0 aliphatic carbocycles. The largest absolute Gasteiger partial charge is 0.263 e. The molecule has 2 heterocycles. The summed E-state index contributed by atoms with van der Waals surface area (Å²) in [4.78, 5) is 3.54. The van der Waals surface area contributed by atoms with Crippen molar-refractivity contribution < 1.29 is 21.2 Å². The molecule has 19 heavy (non-hydrogen) atoms. The van der Waals surface area contributed by atoms with Crippen molar-refractivity contribution >= 4 is 19.9 Å². The fraction of sp³-hybridized carbons (Fsp3) is 0.500. The van der Waals surface area contributed by atoms with E-state index in [0.29, 0.717) is 0 Å². The molecule has 0 radical (unpaired) electrons. The van der Waals surface area contributed by atoms with Crippen molar-refractivity contribution in [3.63, 3.8) is 0 Å². The molecule has 0 aromatic carbocycles. The minimum absolute atomic E-state index is 0.0519. The summed E-state index contributed by atoms with van der Waals surface area (Å²) in [6.07, 6.45) is 1.39. The Bertz CT molecular complexity index is 673. The third-order valence-electron chi connectivity index (χ3n) is 2.82. The molecular weight excluding hydrogens is 295 g/mol. The predicted octanol–water partition coefficient (Wildman–Crippen LogP) is 0.0299. The molecular formula is C10H13FN2O4S2. The van der Waals surface area contributed by atoms with E-state index in [0.717, 1.165) is 10.4 Å². The second-order valence-electron chi connectivity index (χ2n) is 4.20. The number of pyridine rings is 1. The quantitative estimate of drug-likeness (QED) is 0.769. The van der Waals surface area contributed by atoms with Crippen LogP contribution in [0.4, 0.5) is 4.39 Å². The molecule has 0 bridgehead atoms. The van der Waals surface area contributed by atoms with Gasteiger partial charge in [-0.2, -0.15) is 4.31 Å². The molecule has 0 N–H and O–H groups in total. The highest BCUT2D eigenvalue weighted by molar-refractivity contribution is 7.91. The Morgan fingerprint density at radius 2 is 2.00 bits per heavy atom. The second-order valence-corrected chi connectivity index (χ2v) is 8.36. The van der Waals surface area contributed by atoms with E-state index in [1.807, 2.05) is 0 Å². The summed E-state index contributed by atoms with van der Waals surface area (Å²) in [5.41, 5.74) is 0. The number of sulfonamides is 1. The lowest BCUT2D eigenvalue weighted by Gasteiger charge is -2.18. The average Bonchev–Trinajstić information content (AvgIpc) is 2.51. The van der Waals surface area contributed by atoms with E-state index in [1.54, 1.807) is 0 Å². The lowest BCUT2D eigenvalue weighted by Crippen LogP contribution is -2.34. The van der Waals surface area contributed by atoms with Crippen molar-refractivity contribution in [3.8, 4) is 0 Å². The van der Waals surface area contributed by atoms with E-state index >= 15 is 0 Å². The Hall–Kier alpha value is -1.06. The summed E-state index contributed by atoms with van der Waals surface area (Å²) in [6.45, 7) is -0.113. The van der Waals surface area contributed by atoms with Gasteiger partial charge >= 0.3 is 0 Å². The van der Waals surface area contributed by atoms with Crippen LogP contribution in [0, 0.1) is 5.82 Å². The summed E-state index contributed by atoms with van der Waals surface area (Å²) < 4.78 is 61.8. The molecule has 2 rings (SSSR count). The van der Waals surface area contributed by atoms with Crippen molar-refractivity contribution in [2.24, 2.45) is 0 Å². The van der Waals surface area contributed by atoms with E-state index in [9.17, 15) is 21.2 Å². The summed E-state index contributed by atoms with van der Waals surface area (Å²) >= 11 is 0. The molecule has 9 heteroatoms. The molecule has 0 atom stereocenters. The first-order valence-corrected chi connectivity index (χ1v) is 8.90. The van der Waals surface area contributed by atoms with Gasteiger partial charge in [0.15, 0.2) is 15.7 Å². The Morgan fingerprint density at radius 1 is 1.26 bits per heavy atom. The maximum Gasteiger partial charge on any atom is 0.263 e. The fourth-order valence-electron chi connectivity index (χ4n) is 1.84. The van der Waals surface area contributed by atoms with Crippen molar-refractivity contribution in [2.45, 2.75) is 11.4 Å². The second kappa shape index (κ2) is 5.14. The summed E-state index contributed by atoms with van der Waals surface area (Å²) in [6, 6.07) is 2.30. The fourth-order valence-corrected chi connectivity index (χ4v) is 4.68. The summed E-state index contributed by atoms with van der Waals surface area (Å²) in [7, 11) is -7.31. The van der Waals surface area contributed by atoms with Crippen LogP contribution in [0.2, 0.25) is 0 Å². The van der Waals surface area contributed by atoms with Crippen LogP contribution in [0.25, 0.3) is 0 Å². The van der Waals surface area contributed by atoms with Crippen molar-refractivity contribution in [3.05, 3.63) is 24.1 Å². The topological polar surface area (TPSA) is 84.4 Å². The molecule has 1 fully saturated rings. The highest BCUT2D eigenvalue weighted by Crippen LogP contribution is 2.18. The molecule has 106 valence electrons. The number of hydrogen-bond acceptors (Lipinski definition) is 5. The average molecular weight is 308 g/mol. The first-order chi connectivity index (χ1) is 8.83. The maximum absolute atomic E-state index is 13.5. The smallest absolute Gasteiger partial charge is 0.241 e. The van der Waals surface area contributed by atoms with Gasteiger partial charge in [-0.25, -0.2) is 26.2 Å². The van der Waals surface area contributed by atoms with Gasteiger partial charge in [-0.15, -0.1) is 0 Å². The normalized spacial score (nSPS) is 20.9. The van der Waals surface area contributed by atoms with Gasteiger partial charge in [-0.3, -0.25) is 0 Å². The molecule has 0 unspecified atom stereocenters. The lowest BCUT2D eigenvalue weighted by atomic mass is 10.5. The molecule has 1 aromatic rings. The number of aromatic nitrogens is 1. The lowest BCUT2D eigenvalue weighted by molar-refractivity contribution is 0.426. The molecule has 1 saturated heterocycles. The van der Waals surface area contributed by atoms with Crippen LogP contribution >= 0.6 is 0 Å². The Kier molecular flexibility index (Phi) is 3.88. The van der Waals surface area contributed by atoms with Gasteiger partial charge in [0.25, 0.3) is 10.0 Å². The number of halogens is 1. The number of nitrogens with zero attached hydrogens (tertiary/aromatic N) is 2. The van der Waals surface area contributed by atoms with Crippen LogP contribution in [0.3, 0.4) is 0 Å². The highest BCUT2D eigenvalue weighted by atomic mass is 32.2. The number of sulfone groups is 1. The molecule has 0 saturated carbocycles. The first-order valence-electron chi connectivity index (χ1n) is 5.64. The molecule has 0 spiro atoms. The van der Waals surface area contributed by atoms with E-state index in [4.69, 9.17) is 0 Å². The maximum atomic E-state index is 13.5. The number of hydrogen-bond donors (Lipinski definition) is 0. The third kappa shape index (κ3) is 3.10. The molecule has 1 aliphatic rings. The van der Waals surface area contributed by atoms with Crippen LogP contribution in [0.1, 0.15) is 6.42 Å². The Morgan fingerprint density at radius 3 is 2.68 bits per heavy atom. The van der Waals surface area contributed by atoms with Gasteiger partial charge in [0.2, 0.25) is 5.03 Å². The Balaban J connectivity index is 2.33. The minimum atomic E-state index is -4.08. The zero-order chi connectivity index (χ0) is 14.1. The van der Waals surface area contributed by atoms with E-state index in [1.165, 1.54) is 12.3 Å². The van der Waals surface area contributed by atoms with Crippen molar-refractivity contribution in [1.29, 1.82) is 0 Å². The zero-order valence-corrected chi connectivity index (χ0v) is 11.6. The zero-order valence-electron chi connectivity index (χ0n) is 9.99. The predicted molar refractivity (Wildman–Crippen MR) is 66.2 cm³/mol. The van der Waals surface area contributed by atoms with Crippen LogP contribution in [-0.4, -0.2) is 50.7 Å². The SMILES string of the molecule is O=S1(=O)CCCN(S(=O)(=O)c2ncccc2F)CC1. The minimum Gasteiger partial charge on any atom is -0.241 e. The number of rotatable bonds is 2. The highest BCUT2D eigenvalue weighted by Gasteiger charge is 2.31. The van der Waals surface area contributed by atoms with Gasteiger partial charge in [-0.1, -0.05) is 0 Å². The van der Waals surface area contributed by atoms with Gasteiger partial charge < -0.3 is 0 Å². The van der Waals surface area contributed by atoms with Crippen LogP contribution in [0.5, 0.6) is 0 Å². The van der Waals surface area contributed by atoms with Gasteiger partial charge in [0.05, 0.1) is 11.5 Å². The van der Waals surface area contributed by atoms with E-state index < -0.39 is 30.7 Å². The first kappa shape index (κ1) is 14.4. The van der Waals surface area contributed by atoms with Crippen LogP contribution in [0.15, 0.2) is 23.4 Å². The summed E-state index contributed by atoms with van der Waals surface area (Å²) in [5.74, 6) is -1.24. The van der Waals surface area contributed by atoms with Crippen LogP contribution < -0.4 is 0 Å². The van der Waals surface area contributed by atoms with E-state index in [2.05, 4.69) is 4.98 Å². The monoisotopic (exact) mass is 308 g/mol.